The van der Waals surface area contributed by atoms with Crippen LogP contribution in [0.1, 0.15) is 30.0 Å². The van der Waals surface area contributed by atoms with Gasteiger partial charge in [-0.2, -0.15) is 0 Å². The summed E-state index contributed by atoms with van der Waals surface area (Å²) in [6.07, 6.45) is 0. The van der Waals surface area contributed by atoms with Gasteiger partial charge < -0.3 is 14.2 Å². The molecule has 0 spiro atoms. The van der Waals surface area contributed by atoms with Gasteiger partial charge in [-0.1, -0.05) is 36.4 Å². The van der Waals surface area contributed by atoms with Gasteiger partial charge in [0.25, 0.3) is 5.91 Å². The zero-order chi connectivity index (χ0) is 18.8. The number of furan rings is 1. The maximum Gasteiger partial charge on any atom is 0.290 e. The molecular formula is C21H24N2O3. The first-order valence-electron chi connectivity index (χ1n) is 8.92. The molecule has 0 radical (unpaired) electrons. The molecule has 0 aliphatic heterocycles. The molecule has 0 saturated carbocycles. The van der Waals surface area contributed by atoms with Crippen LogP contribution in [0.2, 0.25) is 0 Å². The van der Waals surface area contributed by atoms with Crippen molar-refractivity contribution in [1.29, 1.82) is 0 Å². The van der Waals surface area contributed by atoms with Crippen LogP contribution >= 0.6 is 0 Å². The first-order valence-corrected chi connectivity index (χ1v) is 8.92. The van der Waals surface area contributed by atoms with Crippen molar-refractivity contribution in [2.24, 2.45) is 0 Å². The van der Waals surface area contributed by atoms with Gasteiger partial charge in [-0.3, -0.25) is 9.59 Å². The van der Waals surface area contributed by atoms with Gasteiger partial charge in [-0.25, -0.2) is 0 Å². The Labute approximate surface area is 153 Å². The monoisotopic (exact) mass is 352 g/mol. The molecule has 26 heavy (non-hydrogen) atoms. The quantitative estimate of drug-likeness (QED) is 0.701. The number of carbonyl (C=O) groups excluding carboxylic acids is 2. The molecule has 1 heterocycles. The van der Waals surface area contributed by atoms with E-state index in [4.69, 9.17) is 4.42 Å². The number of carbonyl (C=O) groups is 2. The highest BCUT2D eigenvalue weighted by molar-refractivity contribution is 6.09. The van der Waals surface area contributed by atoms with Crippen molar-refractivity contribution in [3.05, 3.63) is 47.7 Å². The Kier molecular flexibility index (Phi) is 4.98. The molecule has 5 nitrogen and oxygen atoms in total. The van der Waals surface area contributed by atoms with E-state index in [-0.39, 0.29) is 18.4 Å². The van der Waals surface area contributed by atoms with Crippen LogP contribution in [0.3, 0.4) is 0 Å². The van der Waals surface area contributed by atoms with Gasteiger partial charge in [0, 0.05) is 36.5 Å². The maximum atomic E-state index is 12.9. The minimum Gasteiger partial charge on any atom is -0.450 e. The molecule has 0 fully saturated rings. The Balaban J connectivity index is 1.94. The number of likely N-dealkylation sites (N-methyl/N-ethyl adjacent to an activating group) is 2. The van der Waals surface area contributed by atoms with Gasteiger partial charge in [0.05, 0.1) is 6.54 Å². The number of benzene rings is 2. The number of rotatable bonds is 5. The average molecular weight is 352 g/mol. The fraction of sp³-hybridized carbons (Fsp3) is 0.333. The third kappa shape index (κ3) is 3.05. The lowest BCUT2D eigenvalue weighted by Crippen LogP contribution is -2.41. The second-order valence-corrected chi connectivity index (χ2v) is 6.45. The predicted molar refractivity (Wildman–Crippen MR) is 103 cm³/mol. The van der Waals surface area contributed by atoms with E-state index in [1.807, 2.05) is 57.2 Å². The summed E-state index contributed by atoms with van der Waals surface area (Å²) in [4.78, 5) is 28.3. The van der Waals surface area contributed by atoms with E-state index in [0.717, 1.165) is 21.7 Å². The Morgan fingerprint density at radius 1 is 1.00 bits per heavy atom. The van der Waals surface area contributed by atoms with Crippen LogP contribution in [0, 0.1) is 6.92 Å². The van der Waals surface area contributed by atoms with Crippen LogP contribution in [-0.2, 0) is 4.79 Å². The summed E-state index contributed by atoms with van der Waals surface area (Å²) >= 11 is 0. The lowest BCUT2D eigenvalue weighted by atomic mass is 10.1. The van der Waals surface area contributed by atoms with Gasteiger partial charge in [0.2, 0.25) is 5.91 Å². The lowest BCUT2D eigenvalue weighted by Gasteiger charge is -2.22. The molecule has 2 amide bonds. The largest absolute Gasteiger partial charge is 0.450 e. The Morgan fingerprint density at radius 3 is 2.38 bits per heavy atom. The molecule has 0 saturated heterocycles. The average Bonchev–Trinajstić information content (AvgIpc) is 2.99. The molecule has 0 unspecified atom stereocenters. The van der Waals surface area contributed by atoms with Gasteiger partial charge in [-0.05, 0) is 26.2 Å². The highest BCUT2D eigenvalue weighted by atomic mass is 16.3. The van der Waals surface area contributed by atoms with Crippen molar-refractivity contribution in [1.82, 2.24) is 9.80 Å². The van der Waals surface area contributed by atoms with Crippen molar-refractivity contribution in [2.75, 3.05) is 26.7 Å². The molecule has 0 atom stereocenters. The molecule has 136 valence electrons. The first-order chi connectivity index (χ1) is 12.5. The Bertz CT molecular complexity index is 970. The SMILES string of the molecule is CCN(CC)C(=O)CN(C)C(=O)c1oc2c(ccc3ccccc32)c1C. The van der Waals surface area contributed by atoms with Crippen LogP contribution in [0.15, 0.2) is 40.8 Å². The van der Waals surface area contributed by atoms with E-state index in [1.165, 1.54) is 4.90 Å². The van der Waals surface area contributed by atoms with E-state index in [2.05, 4.69) is 0 Å². The zero-order valence-corrected chi connectivity index (χ0v) is 15.7. The van der Waals surface area contributed by atoms with E-state index >= 15 is 0 Å². The van der Waals surface area contributed by atoms with E-state index in [1.54, 1.807) is 11.9 Å². The van der Waals surface area contributed by atoms with Crippen LogP contribution in [0.4, 0.5) is 0 Å². The van der Waals surface area contributed by atoms with Crippen LogP contribution < -0.4 is 0 Å². The molecule has 0 aliphatic carbocycles. The molecular weight excluding hydrogens is 328 g/mol. The summed E-state index contributed by atoms with van der Waals surface area (Å²) in [5, 5.41) is 2.97. The maximum absolute atomic E-state index is 12.9. The molecule has 2 aromatic carbocycles. The third-order valence-electron chi connectivity index (χ3n) is 4.86. The number of fused-ring (bicyclic) bond motifs is 3. The predicted octanol–water partition coefficient (Wildman–Crippen LogP) is 3.83. The summed E-state index contributed by atoms with van der Waals surface area (Å²) in [5.41, 5.74) is 1.52. The van der Waals surface area contributed by atoms with Crippen molar-refractivity contribution in [3.63, 3.8) is 0 Å². The molecule has 5 heteroatoms. The first kappa shape index (κ1) is 18.0. The summed E-state index contributed by atoms with van der Waals surface area (Å²) < 4.78 is 5.97. The highest BCUT2D eigenvalue weighted by Crippen LogP contribution is 2.32. The number of amides is 2. The van der Waals surface area contributed by atoms with Gasteiger partial charge in [0.15, 0.2) is 5.76 Å². The van der Waals surface area contributed by atoms with E-state index < -0.39 is 0 Å². The molecule has 0 aliphatic rings. The standard InChI is InChI=1S/C21H24N2O3/c1-5-23(6-2)18(24)13-22(4)21(25)19-14(3)16-12-11-15-9-7-8-10-17(15)20(16)26-19/h7-12H,5-6,13H2,1-4H3. The van der Waals surface area contributed by atoms with Crippen LogP contribution in [0.5, 0.6) is 0 Å². The summed E-state index contributed by atoms with van der Waals surface area (Å²) in [6, 6.07) is 11.9. The summed E-state index contributed by atoms with van der Waals surface area (Å²) in [6.45, 7) is 7.04. The fourth-order valence-electron chi connectivity index (χ4n) is 3.28. The second-order valence-electron chi connectivity index (χ2n) is 6.45. The fourth-order valence-corrected chi connectivity index (χ4v) is 3.28. The number of aryl methyl sites for hydroxylation is 1. The van der Waals surface area contributed by atoms with E-state index in [9.17, 15) is 9.59 Å². The molecule has 3 rings (SSSR count). The Hall–Kier alpha value is -2.82. The number of nitrogens with zero attached hydrogens (tertiary/aromatic N) is 2. The number of hydrogen-bond donors (Lipinski definition) is 0. The van der Waals surface area contributed by atoms with Crippen molar-refractivity contribution < 1.29 is 14.0 Å². The van der Waals surface area contributed by atoms with Crippen molar-refractivity contribution in [2.45, 2.75) is 20.8 Å². The second kappa shape index (κ2) is 7.20. The Morgan fingerprint density at radius 2 is 1.69 bits per heavy atom. The zero-order valence-electron chi connectivity index (χ0n) is 15.7. The van der Waals surface area contributed by atoms with E-state index in [0.29, 0.717) is 24.4 Å². The molecule has 0 N–H and O–H groups in total. The third-order valence-corrected chi connectivity index (χ3v) is 4.86. The molecule has 3 aromatic rings. The number of hydrogen-bond acceptors (Lipinski definition) is 3. The topological polar surface area (TPSA) is 53.8 Å². The van der Waals surface area contributed by atoms with Gasteiger partial charge >= 0.3 is 0 Å². The van der Waals surface area contributed by atoms with Crippen molar-refractivity contribution in [3.8, 4) is 0 Å². The molecule has 0 bridgehead atoms. The van der Waals surface area contributed by atoms with Crippen LogP contribution in [-0.4, -0.2) is 48.3 Å². The smallest absolute Gasteiger partial charge is 0.290 e. The van der Waals surface area contributed by atoms with Gasteiger partial charge in [-0.15, -0.1) is 0 Å². The van der Waals surface area contributed by atoms with Crippen molar-refractivity contribution >= 4 is 33.6 Å². The molecule has 1 aromatic heterocycles. The van der Waals surface area contributed by atoms with Crippen LogP contribution in [0.25, 0.3) is 21.7 Å². The normalized spacial score (nSPS) is 11.1. The summed E-state index contributed by atoms with van der Waals surface area (Å²) in [5.74, 6) is -0.0421. The highest BCUT2D eigenvalue weighted by Gasteiger charge is 2.24. The lowest BCUT2D eigenvalue weighted by molar-refractivity contribution is -0.131. The van der Waals surface area contributed by atoms with Gasteiger partial charge in [0.1, 0.15) is 5.58 Å². The minimum atomic E-state index is -0.275. The minimum absolute atomic E-state index is 0.0394. The summed E-state index contributed by atoms with van der Waals surface area (Å²) in [7, 11) is 1.63.